The van der Waals surface area contributed by atoms with Gasteiger partial charge in [0.15, 0.2) is 0 Å². The van der Waals surface area contributed by atoms with E-state index in [1.807, 2.05) is 6.92 Å². The third-order valence-electron chi connectivity index (χ3n) is 3.87. The summed E-state index contributed by atoms with van der Waals surface area (Å²) in [5.41, 5.74) is 0.912. The van der Waals surface area contributed by atoms with Crippen LogP contribution in [0.25, 0.3) is 0 Å². The second-order valence-electron chi connectivity index (χ2n) is 5.45. The smallest absolute Gasteiger partial charge is 0.244 e. The zero-order valence-electron chi connectivity index (χ0n) is 12.4. The summed E-state index contributed by atoms with van der Waals surface area (Å²) < 4.78 is 26.7. The van der Waals surface area contributed by atoms with Crippen LogP contribution in [0, 0.1) is 5.92 Å². The summed E-state index contributed by atoms with van der Waals surface area (Å²) in [5, 5.41) is 3.18. The first-order chi connectivity index (χ1) is 9.57. The van der Waals surface area contributed by atoms with E-state index in [1.54, 1.807) is 16.6 Å². The van der Waals surface area contributed by atoms with E-state index in [0.29, 0.717) is 30.4 Å². The normalized spacial score (nSPS) is 20.6. The molecule has 2 rings (SSSR count). The summed E-state index contributed by atoms with van der Waals surface area (Å²) in [6.07, 6.45) is 4.83. The van der Waals surface area contributed by atoms with Crippen LogP contribution in [0.4, 0.5) is 0 Å². The first kappa shape index (κ1) is 15.5. The predicted molar refractivity (Wildman–Crippen MR) is 79.9 cm³/mol. The molecule has 0 aromatic carbocycles. The van der Waals surface area contributed by atoms with E-state index < -0.39 is 10.0 Å². The Hall–Kier alpha value is -0.850. The Labute approximate surface area is 121 Å². The molecule has 0 spiro atoms. The number of nitrogens with one attached hydrogen (secondary N) is 2. The number of sulfonamides is 1. The number of H-pyrrole nitrogens is 1. The Balaban J connectivity index is 2.05. The van der Waals surface area contributed by atoms with E-state index in [9.17, 15) is 8.42 Å². The zero-order valence-corrected chi connectivity index (χ0v) is 13.2. The minimum Gasteiger partial charge on any atom is -0.363 e. The van der Waals surface area contributed by atoms with Gasteiger partial charge in [0.1, 0.15) is 0 Å². The largest absolute Gasteiger partial charge is 0.363 e. The lowest BCUT2D eigenvalue weighted by molar-refractivity contribution is 0.444. The molecular weight excluding hydrogens is 274 g/mol. The van der Waals surface area contributed by atoms with Crippen molar-refractivity contribution in [3.63, 3.8) is 0 Å². The molecule has 1 atom stereocenters. The van der Waals surface area contributed by atoms with Crippen LogP contribution < -0.4 is 5.32 Å². The molecule has 0 bridgehead atoms. The van der Waals surface area contributed by atoms with Gasteiger partial charge in [-0.25, -0.2) is 8.42 Å². The molecule has 114 valence electrons. The lowest BCUT2D eigenvalue weighted by Gasteiger charge is -2.15. The van der Waals surface area contributed by atoms with Gasteiger partial charge in [-0.3, -0.25) is 0 Å². The number of hydrogen-bond acceptors (Lipinski definition) is 3. The summed E-state index contributed by atoms with van der Waals surface area (Å²) in [6.45, 7) is 7.04. The Bertz CT molecular complexity index is 524. The quantitative estimate of drug-likeness (QED) is 0.808. The van der Waals surface area contributed by atoms with Crippen LogP contribution in [0.3, 0.4) is 0 Å². The highest BCUT2D eigenvalue weighted by Crippen LogP contribution is 2.27. The van der Waals surface area contributed by atoms with E-state index in [4.69, 9.17) is 0 Å². The van der Waals surface area contributed by atoms with Gasteiger partial charge in [0.25, 0.3) is 0 Å². The van der Waals surface area contributed by atoms with Gasteiger partial charge in [0.05, 0.1) is 4.90 Å². The Morgan fingerprint density at radius 2 is 2.25 bits per heavy atom. The molecule has 1 aromatic heterocycles. The van der Waals surface area contributed by atoms with Crippen molar-refractivity contribution in [3.8, 4) is 0 Å². The van der Waals surface area contributed by atoms with Gasteiger partial charge in [-0.15, -0.1) is 0 Å². The fraction of sp³-hybridized carbons (Fsp3) is 0.714. The molecule has 1 aliphatic rings. The molecule has 2 heterocycles. The van der Waals surface area contributed by atoms with Gasteiger partial charge in [0.2, 0.25) is 10.0 Å². The van der Waals surface area contributed by atoms with E-state index in [2.05, 4.69) is 17.2 Å². The van der Waals surface area contributed by atoms with Crippen molar-refractivity contribution in [2.24, 2.45) is 5.92 Å². The van der Waals surface area contributed by atoms with Crippen molar-refractivity contribution >= 4 is 10.0 Å². The van der Waals surface area contributed by atoms with E-state index in [-0.39, 0.29) is 0 Å². The lowest BCUT2D eigenvalue weighted by Crippen LogP contribution is -2.28. The van der Waals surface area contributed by atoms with Crippen LogP contribution in [0.1, 0.15) is 38.8 Å². The number of nitrogens with zero attached hydrogens (tertiary/aromatic N) is 1. The minimum atomic E-state index is -3.32. The van der Waals surface area contributed by atoms with Crippen LogP contribution in [0.2, 0.25) is 0 Å². The maximum atomic E-state index is 12.6. The van der Waals surface area contributed by atoms with Gasteiger partial charge < -0.3 is 10.3 Å². The zero-order chi connectivity index (χ0) is 14.6. The van der Waals surface area contributed by atoms with E-state index in [0.717, 1.165) is 31.5 Å². The van der Waals surface area contributed by atoms with Gasteiger partial charge in [-0.1, -0.05) is 20.3 Å². The van der Waals surface area contributed by atoms with Gasteiger partial charge in [-0.2, -0.15) is 4.31 Å². The summed E-state index contributed by atoms with van der Waals surface area (Å²) in [5.74, 6) is 0.523. The fourth-order valence-electron chi connectivity index (χ4n) is 2.74. The Morgan fingerprint density at radius 3 is 2.95 bits per heavy atom. The molecule has 1 fully saturated rings. The highest BCUT2D eigenvalue weighted by molar-refractivity contribution is 7.89. The molecule has 6 heteroatoms. The lowest BCUT2D eigenvalue weighted by atomic mass is 10.0. The molecule has 5 nitrogen and oxygen atoms in total. The average Bonchev–Trinajstić information content (AvgIpc) is 3.06. The van der Waals surface area contributed by atoms with Crippen LogP contribution in [-0.2, 0) is 16.6 Å². The van der Waals surface area contributed by atoms with Crippen molar-refractivity contribution < 1.29 is 8.42 Å². The molecule has 2 N–H and O–H groups in total. The van der Waals surface area contributed by atoms with Crippen LogP contribution in [-0.4, -0.2) is 37.3 Å². The van der Waals surface area contributed by atoms with Gasteiger partial charge >= 0.3 is 0 Å². The number of rotatable bonds is 7. The highest BCUT2D eigenvalue weighted by atomic mass is 32.2. The van der Waals surface area contributed by atoms with Crippen molar-refractivity contribution in [2.75, 3.05) is 19.6 Å². The fourth-order valence-corrected chi connectivity index (χ4v) is 4.29. The molecule has 0 amide bonds. The molecule has 0 radical (unpaired) electrons. The van der Waals surface area contributed by atoms with Crippen molar-refractivity contribution in [1.29, 1.82) is 0 Å². The standard InChI is InChI=1S/C14H25N3O2S/c1-3-5-12-6-7-17(11-12)20(18,19)14-8-13(16-10-14)9-15-4-2/h8,10,12,15-16H,3-7,9,11H2,1-2H3. The van der Waals surface area contributed by atoms with Crippen LogP contribution in [0.15, 0.2) is 17.2 Å². The number of aromatic amines is 1. The first-order valence-electron chi connectivity index (χ1n) is 7.46. The maximum Gasteiger partial charge on any atom is 0.244 e. The monoisotopic (exact) mass is 299 g/mol. The predicted octanol–water partition coefficient (Wildman–Crippen LogP) is 1.93. The van der Waals surface area contributed by atoms with E-state index in [1.165, 1.54) is 0 Å². The molecule has 1 saturated heterocycles. The topological polar surface area (TPSA) is 65.2 Å². The Morgan fingerprint density at radius 1 is 1.45 bits per heavy atom. The third-order valence-corrected chi connectivity index (χ3v) is 5.71. The first-order valence-corrected chi connectivity index (χ1v) is 8.90. The molecule has 0 saturated carbocycles. The number of hydrogen-bond donors (Lipinski definition) is 2. The highest BCUT2D eigenvalue weighted by Gasteiger charge is 2.32. The second-order valence-corrected chi connectivity index (χ2v) is 7.39. The molecular formula is C14H25N3O2S. The molecule has 20 heavy (non-hydrogen) atoms. The van der Waals surface area contributed by atoms with Crippen LogP contribution in [0.5, 0.6) is 0 Å². The maximum absolute atomic E-state index is 12.6. The molecule has 1 aliphatic heterocycles. The van der Waals surface area contributed by atoms with E-state index >= 15 is 0 Å². The van der Waals surface area contributed by atoms with Crippen molar-refractivity contribution in [3.05, 3.63) is 18.0 Å². The van der Waals surface area contributed by atoms with Crippen molar-refractivity contribution in [1.82, 2.24) is 14.6 Å². The SMILES string of the molecule is CCCC1CCN(S(=O)(=O)c2c[nH]c(CNCC)c2)C1. The minimum absolute atomic E-state index is 0.391. The van der Waals surface area contributed by atoms with Gasteiger partial charge in [-0.05, 0) is 31.4 Å². The molecule has 1 unspecified atom stereocenters. The third kappa shape index (κ3) is 3.42. The summed E-state index contributed by atoms with van der Waals surface area (Å²) >= 11 is 0. The molecule has 1 aromatic rings. The van der Waals surface area contributed by atoms with Crippen molar-refractivity contribution in [2.45, 2.75) is 44.6 Å². The summed E-state index contributed by atoms with van der Waals surface area (Å²) in [7, 11) is -3.32. The summed E-state index contributed by atoms with van der Waals surface area (Å²) in [6, 6.07) is 1.74. The summed E-state index contributed by atoms with van der Waals surface area (Å²) in [4.78, 5) is 3.43. The number of aromatic nitrogens is 1. The molecule has 0 aliphatic carbocycles. The second kappa shape index (κ2) is 6.74. The Kier molecular flexibility index (Phi) is 5.23. The van der Waals surface area contributed by atoms with Crippen LogP contribution >= 0.6 is 0 Å². The van der Waals surface area contributed by atoms with Gasteiger partial charge in [0, 0.05) is 31.5 Å². The average molecular weight is 299 g/mol.